The van der Waals surface area contributed by atoms with Crippen LogP contribution in [0.2, 0.25) is 0 Å². The van der Waals surface area contributed by atoms with E-state index in [1.807, 2.05) is 18.2 Å². The van der Waals surface area contributed by atoms with Crippen LogP contribution >= 0.6 is 0 Å². The van der Waals surface area contributed by atoms with Gasteiger partial charge in [-0.2, -0.15) is 0 Å². The molecule has 8 heteroatoms. The van der Waals surface area contributed by atoms with Crippen molar-refractivity contribution in [2.75, 3.05) is 39.3 Å². The Kier molecular flexibility index (Phi) is 6.74. The normalized spacial score (nSPS) is 16.7. The Labute approximate surface area is 169 Å². The van der Waals surface area contributed by atoms with E-state index < -0.39 is 11.6 Å². The van der Waals surface area contributed by atoms with E-state index in [1.54, 1.807) is 26.2 Å². The maximum Gasteiger partial charge on any atom is 0.191 e. The number of ether oxygens (including phenoxy) is 2. The van der Waals surface area contributed by atoms with Crippen molar-refractivity contribution in [3.8, 4) is 11.5 Å². The van der Waals surface area contributed by atoms with Crippen molar-refractivity contribution < 1.29 is 18.3 Å². The summed E-state index contributed by atoms with van der Waals surface area (Å²) >= 11 is 0. The highest BCUT2D eigenvalue weighted by atomic mass is 19.1. The van der Waals surface area contributed by atoms with Gasteiger partial charge in [0, 0.05) is 38.3 Å². The monoisotopic (exact) mass is 404 g/mol. The summed E-state index contributed by atoms with van der Waals surface area (Å²) in [5.74, 6) is 0.848. The smallest absolute Gasteiger partial charge is 0.191 e. The molecule has 156 valence electrons. The lowest BCUT2D eigenvalue weighted by Gasteiger charge is -2.21. The molecule has 0 aromatic heterocycles. The van der Waals surface area contributed by atoms with Crippen LogP contribution in [0, 0.1) is 11.6 Å². The number of anilines is 1. The van der Waals surface area contributed by atoms with Crippen molar-refractivity contribution in [1.82, 2.24) is 10.6 Å². The van der Waals surface area contributed by atoms with Crippen LogP contribution in [-0.4, -0.2) is 46.4 Å². The number of aliphatic imine (C=N–C) groups is 1. The molecular weight excluding hydrogens is 378 g/mol. The molecule has 29 heavy (non-hydrogen) atoms. The molecule has 1 fully saturated rings. The predicted molar refractivity (Wildman–Crippen MR) is 110 cm³/mol. The van der Waals surface area contributed by atoms with Crippen LogP contribution in [0.1, 0.15) is 12.0 Å². The molecule has 0 radical (unpaired) electrons. The third-order valence-corrected chi connectivity index (χ3v) is 4.94. The average molecular weight is 404 g/mol. The van der Waals surface area contributed by atoms with E-state index in [1.165, 1.54) is 18.2 Å². The number of hydrogen-bond acceptors (Lipinski definition) is 4. The quantitative estimate of drug-likeness (QED) is 0.573. The Balaban J connectivity index is 1.61. The Morgan fingerprint density at radius 1 is 1.14 bits per heavy atom. The van der Waals surface area contributed by atoms with Crippen LogP contribution in [0.15, 0.2) is 41.4 Å². The van der Waals surface area contributed by atoms with Crippen LogP contribution in [0.4, 0.5) is 14.5 Å². The van der Waals surface area contributed by atoms with E-state index in [9.17, 15) is 8.78 Å². The molecule has 6 nitrogen and oxygen atoms in total. The van der Waals surface area contributed by atoms with E-state index in [2.05, 4.69) is 15.6 Å². The maximum atomic E-state index is 14.0. The summed E-state index contributed by atoms with van der Waals surface area (Å²) < 4.78 is 38.9. The molecule has 0 spiro atoms. The average Bonchev–Trinajstić information content (AvgIpc) is 3.18. The highest BCUT2D eigenvalue weighted by Gasteiger charge is 2.27. The molecule has 2 aromatic rings. The summed E-state index contributed by atoms with van der Waals surface area (Å²) in [6, 6.07) is 9.63. The SMILES string of the molecule is CN=C(NCc1cccc(OC)c1OC)NC1CCN(c2c(F)cccc2F)C1. The number of para-hydroxylation sites is 2. The number of halogens is 2. The minimum absolute atomic E-state index is 0.0208. The second kappa shape index (κ2) is 9.45. The molecule has 1 heterocycles. The number of nitrogens with zero attached hydrogens (tertiary/aromatic N) is 2. The second-order valence-corrected chi connectivity index (χ2v) is 6.72. The van der Waals surface area contributed by atoms with Gasteiger partial charge in [-0.05, 0) is 24.6 Å². The molecule has 0 amide bonds. The third-order valence-electron chi connectivity index (χ3n) is 4.94. The Morgan fingerprint density at radius 2 is 1.86 bits per heavy atom. The first-order valence-corrected chi connectivity index (χ1v) is 9.43. The van der Waals surface area contributed by atoms with Gasteiger partial charge in [0.2, 0.25) is 0 Å². The van der Waals surface area contributed by atoms with Crippen molar-refractivity contribution >= 4 is 11.6 Å². The highest BCUT2D eigenvalue weighted by Crippen LogP contribution is 2.30. The van der Waals surface area contributed by atoms with Gasteiger partial charge in [-0.25, -0.2) is 8.78 Å². The zero-order valence-electron chi connectivity index (χ0n) is 16.8. The summed E-state index contributed by atoms with van der Waals surface area (Å²) in [5, 5.41) is 6.57. The van der Waals surface area contributed by atoms with Gasteiger partial charge in [0.25, 0.3) is 0 Å². The minimum Gasteiger partial charge on any atom is -0.493 e. The molecule has 0 saturated carbocycles. The molecule has 0 aliphatic carbocycles. The summed E-state index contributed by atoms with van der Waals surface area (Å²) in [6.07, 6.45) is 0.747. The second-order valence-electron chi connectivity index (χ2n) is 6.72. The standard InChI is InChI=1S/C21H26F2N4O2/c1-24-21(25-12-14-6-4-9-18(28-2)20(14)29-3)26-15-10-11-27(13-15)19-16(22)7-5-8-17(19)23/h4-9,15H,10-13H2,1-3H3,(H2,24,25,26). The van der Waals surface area contributed by atoms with Crippen molar-refractivity contribution in [3.63, 3.8) is 0 Å². The third kappa shape index (κ3) is 4.70. The summed E-state index contributed by atoms with van der Waals surface area (Å²) in [7, 11) is 4.88. The van der Waals surface area contributed by atoms with Crippen molar-refractivity contribution in [2.24, 2.45) is 4.99 Å². The number of benzene rings is 2. The van der Waals surface area contributed by atoms with Crippen LogP contribution in [0.5, 0.6) is 11.5 Å². The van der Waals surface area contributed by atoms with Crippen molar-refractivity contribution in [3.05, 3.63) is 53.6 Å². The molecular formula is C21H26F2N4O2. The van der Waals surface area contributed by atoms with E-state index in [4.69, 9.17) is 9.47 Å². The Hall–Kier alpha value is -3.03. The van der Waals surface area contributed by atoms with Crippen molar-refractivity contribution in [2.45, 2.75) is 19.0 Å². The van der Waals surface area contributed by atoms with Crippen LogP contribution in [-0.2, 0) is 6.54 Å². The van der Waals surface area contributed by atoms with Gasteiger partial charge in [0.1, 0.15) is 17.3 Å². The molecule has 0 bridgehead atoms. The fourth-order valence-corrected chi connectivity index (χ4v) is 3.53. The number of methoxy groups -OCH3 is 2. The number of hydrogen-bond donors (Lipinski definition) is 2. The van der Waals surface area contributed by atoms with E-state index in [-0.39, 0.29) is 11.7 Å². The van der Waals surface area contributed by atoms with Gasteiger partial charge in [-0.3, -0.25) is 4.99 Å². The zero-order chi connectivity index (χ0) is 20.8. The molecule has 1 atom stereocenters. The van der Waals surface area contributed by atoms with Gasteiger partial charge in [-0.15, -0.1) is 0 Å². The predicted octanol–water partition coefficient (Wildman–Crippen LogP) is 2.93. The topological polar surface area (TPSA) is 58.1 Å². The van der Waals surface area contributed by atoms with E-state index in [0.717, 1.165) is 12.0 Å². The fraction of sp³-hybridized carbons (Fsp3) is 0.381. The van der Waals surface area contributed by atoms with Crippen molar-refractivity contribution in [1.29, 1.82) is 0 Å². The molecule has 2 N–H and O–H groups in total. The maximum absolute atomic E-state index is 14.0. The summed E-state index contributed by atoms with van der Waals surface area (Å²) in [6.45, 7) is 1.54. The van der Waals surface area contributed by atoms with Gasteiger partial charge < -0.3 is 25.0 Å². The first kappa shape index (κ1) is 20.7. The minimum atomic E-state index is -0.543. The molecule has 2 aromatic carbocycles. The molecule has 3 rings (SSSR count). The first-order chi connectivity index (χ1) is 14.1. The van der Waals surface area contributed by atoms with Gasteiger partial charge in [0.05, 0.1) is 14.2 Å². The highest BCUT2D eigenvalue weighted by molar-refractivity contribution is 5.80. The molecule has 1 aliphatic rings. The Morgan fingerprint density at radius 3 is 2.52 bits per heavy atom. The van der Waals surface area contributed by atoms with Crippen LogP contribution in [0.3, 0.4) is 0 Å². The van der Waals surface area contributed by atoms with E-state index in [0.29, 0.717) is 37.1 Å². The lowest BCUT2D eigenvalue weighted by Crippen LogP contribution is -2.44. The lowest BCUT2D eigenvalue weighted by molar-refractivity contribution is 0.351. The number of nitrogens with one attached hydrogen (secondary N) is 2. The van der Waals surface area contributed by atoms with Crippen LogP contribution < -0.4 is 25.0 Å². The largest absolute Gasteiger partial charge is 0.493 e. The van der Waals surface area contributed by atoms with Crippen LogP contribution in [0.25, 0.3) is 0 Å². The molecule has 1 saturated heterocycles. The first-order valence-electron chi connectivity index (χ1n) is 9.43. The number of guanidine groups is 1. The Bertz CT molecular complexity index is 856. The van der Waals surface area contributed by atoms with E-state index >= 15 is 0 Å². The van der Waals surface area contributed by atoms with Gasteiger partial charge in [0.15, 0.2) is 17.5 Å². The zero-order valence-corrected chi connectivity index (χ0v) is 16.8. The lowest BCUT2D eigenvalue weighted by atomic mass is 10.2. The van der Waals surface area contributed by atoms with Gasteiger partial charge >= 0.3 is 0 Å². The fourth-order valence-electron chi connectivity index (χ4n) is 3.53. The molecule has 1 unspecified atom stereocenters. The molecule has 1 aliphatic heterocycles. The van der Waals surface area contributed by atoms with Gasteiger partial charge in [-0.1, -0.05) is 18.2 Å². The summed E-state index contributed by atoms with van der Waals surface area (Å²) in [4.78, 5) is 5.98. The summed E-state index contributed by atoms with van der Waals surface area (Å²) in [5.41, 5.74) is 0.956. The number of rotatable bonds is 6.